The summed E-state index contributed by atoms with van der Waals surface area (Å²) in [5.41, 5.74) is 11.0. The summed E-state index contributed by atoms with van der Waals surface area (Å²) < 4.78 is 9.47. The van der Waals surface area contributed by atoms with Crippen molar-refractivity contribution in [2.75, 3.05) is 0 Å². The van der Waals surface area contributed by atoms with Crippen molar-refractivity contribution in [2.45, 2.75) is 13.3 Å². The highest BCUT2D eigenvalue weighted by Gasteiger charge is 2.24. The normalized spacial score (nSPS) is 13.6. The Morgan fingerprint density at radius 1 is 0.435 bits per heavy atom. The molecule has 1 aliphatic rings. The van der Waals surface area contributed by atoms with Gasteiger partial charge in [-0.25, -0.2) is 9.98 Å². The largest absolute Gasteiger partial charge is 0.455 e. The van der Waals surface area contributed by atoms with Gasteiger partial charge in [-0.05, 0) is 110 Å². The number of benzene rings is 10. The predicted octanol–water partition coefficient (Wildman–Crippen LogP) is 15.4. The second-order valence-electron chi connectivity index (χ2n) is 16.6. The quantitative estimate of drug-likeness (QED) is 0.164. The lowest BCUT2D eigenvalue weighted by Crippen LogP contribution is -2.05. The van der Waals surface area contributed by atoms with Crippen LogP contribution in [0.3, 0.4) is 0 Å². The highest BCUT2D eigenvalue weighted by Crippen LogP contribution is 2.43. The van der Waals surface area contributed by atoms with E-state index < -0.39 is 0 Å². The van der Waals surface area contributed by atoms with Gasteiger partial charge in [0.1, 0.15) is 11.2 Å². The Kier molecular flexibility index (Phi) is 7.55. The summed E-state index contributed by atoms with van der Waals surface area (Å²) in [6.45, 7) is 2.20. The number of furan rings is 1. The molecule has 10 aromatic carbocycles. The molecule has 0 saturated carbocycles. The van der Waals surface area contributed by atoms with Gasteiger partial charge in [0.15, 0.2) is 5.84 Å². The zero-order valence-electron chi connectivity index (χ0n) is 33.9. The lowest BCUT2D eigenvalue weighted by molar-refractivity contribution is 0.668. The molecule has 62 heavy (non-hydrogen) atoms. The van der Waals surface area contributed by atoms with Crippen LogP contribution < -0.4 is 0 Å². The summed E-state index contributed by atoms with van der Waals surface area (Å²) in [6.07, 6.45) is 0.627. The Bertz CT molecular complexity index is 3960. The molecule has 0 aliphatic carbocycles. The minimum Gasteiger partial charge on any atom is -0.455 e. The van der Waals surface area contributed by atoms with Crippen molar-refractivity contribution in [1.82, 2.24) is 4.57 Å². The Morgan fingerprint density at radius 2 is 1.08 bits per heavy atom. The second-order valence-corrected chi connectivity index (χ2v) is 16.6. The van der Waals surface area contributed by atoms with E-state index in [9.17, 15) is 0 Å². The number of aromatic nitrogens is 1. The summed E-state index contributed by atoms with van der Waals surface area (Å²) in [7, 11) is 0. The Hall–Kier alpha value is -8.08. The predicted molar refractivity (Wildman–Crippen MR) is 261 cm³/mol. The number of allylic oxidation sites excluding steroid dienone is 1. The number of rotatable bonds is 4. The van der Waals surface area contributed by atoms with Gasteiger partial charge < -0.3 is 8.98 Å². The number of fused-ring (bicyclic) bond motifs is 11. The van der Waals surface area contributed by atoms with Crippen molar-refractivity contribution in [3.05, 3.63) is 216 Å². The fourth-order valence-electron chi connectivity index (χ4n) is 9.88. The van der Waals surface area contributed by atoms with E-state index in [1.54, 1.807) is 0 Å². The first kappa shape index (κ1) is 34.8. The summed E-state index contributed by atoms with van der Waals surface area (Å²) in [5.74, 6) is 0.675. The average molecular weight is 792 g/mol. The minimum absolute atomic E-state index is 0.627. The number of hydrogen-bond donors (Lipinski definition) is 0. The van der Waals surface area contributed by atoms with Crippen LogP contribution in [0.4, 0.5) is 0 Å². The van der Waals surface area contributed by atoms with Crippen LogP contribution in [0.15, 0.2) is 214 Å². The zero-order chi connectivity index (χ0) is 40.9. The summed E-state index contributed by atoms with van der Waals surface area (Å²) in [6, 6.07) is 69.8. The van der Waals surface area contributed by atoms with Crippen molar-refractivity contribution >= 4 is 104 Å². The molecule has 290 valence electrons. The smallest absolute Gasteiger partial charge is 0.160 e. The van der Waals surface area contributed by atoms with Crippen LogP contribution in [-0.4, -0.2) is 16.1 Å². The maximum atomic E-state index is 7.04. The van der Waals surface area contributed by atoms with E-state index in [2.05, 4.69) is 206 Å². The molecule has 13 rings (SSSR count). The third kappa shape index (κ3) is 5.40. The lowest BCUT2D eigenvalue weighted by Gasteiger charge is -2.14. The SMILES string of the molecule is CC1=C(c2cc(-n3c4ccccc4c4cc5ccccc5cc43)cc3c2oc2cc4ccccc4cc23)N=C(c2ccc3c(ccc4ccccc43)c2)N=C(c2ccccc2)C1. The molecule has 0 N–H and O–H groups in total. The molecule has 4 nitrogen and oxygen atoms in total. The molecule has 1 aliphatic heterocycles. The Labute approximate surface area is 357 Å². The summed E-state index contributed by atoms with van der Waals surface area (Å²) in [5, 5.41) is 14.1. The minimum atomic E-state index is 0.627. The third-order valence-electron chi connectivity index (χ3n) is 12.9. The van der Waals surface area contributed by atoms with Gasteiger partial charge in [-0.2, -0.15) is 0 Å². The summed E-state index contributed by atoms with van der Waals surface area (Å²) in [4.78, 5) is 11.1. The maximum Gasteiger partial charge on any atom is 0.160 e. The highest BCUT2D eigenvalue weighted by molar-refractivity contribution is 6.20. The van der Waals surface area contributed by atoms with E-state index >= 15 is 0 Å². The molecular weight excluding hydrogens is 755 g/mol. The molecule has 0 bridgehead atoms. The van der Waals surface area contributed by atoms with Gasteiger partial charge in [0.05, 0.1) is 22.4 Å². The van der Waals surface area contributed by atoms with Crippen LogP contribution in [0.25, 0.3) is 98.2 Å². The first-order chi connectivity index (χ1) is 30.6. The fraction of sp³-hybridized carbons (Fsp3) is 0.0345. The van der Waals surface area contributed by atoms with Crippen LogP contribution in [0.2, 0.25) is 0 Å². The van der Waals surface area contributed by atoms with Crippen molar-refractivity contribution in [3.63, 3.8) is 0 Å². The number of para-hydroxylation sites is 1. The van der Waals surface area contributed by atoms with Crippen LogP contribution >= 0.6 is 0 Å². The van der Waals surface area contributed by atoms with Crippen molar-refractivity contribution < 1.29 is 4.42 Å². The van der Waals surface area contributed by atoms with E-state index in [1.807, 2.05) is 0 Å². The molecule has 0 saturated heterocycles. The molecule has 4 heteroatoms. The Morgan fingerprint density at radius 3 is 1.89 bits per heavy atom. The van der Waals surface area contributed by atoms with E-state index in [0.29, 0.717) is 12.3 Å². The van der Waals surface area contributed by atoms with Crippen LogP contribution in [0.5, 0.6) is 0 Å². The van der Waals surface area contributed by atoms with Crippen molar-refractivity contribution in [3.8, 4) is 5.69 Å². The average Bonchev–Trinajstić information content (AvgIpc) is 3.78. The monoisotopic (exact) mass is 791 g/mol. The van der Waals surface area contributed by atoms with E-state index in [4.69, 9.17) is 14.4 Å². The molecule has 0 spiro atoms. The van der Waals surface area contributed by atoms with E-state index in [1.165, 1.54) is 43.1 Å². The van der Waals surface area contributed by atoms with Crippen molar-refractivity contribution in [1.29, 1.82) is 0 Å². The number of nitrogens with zero attached hydrogens (tertiary/aromatic N) is 3. The molecule has 0 unspecified atom stereocenters. The van der Waals surface area contributed by atoms with E-state index in [0.717, 1.165) is 83.1 Å². The molecule has 0 amide bonds. The van der Waals surface area contributed by atoms with E-state index in [-0.39, 0.29) is 0 Å². The van der Waals surface area contributed by atoms with Gasteiger partial charge in [0.25, 0.3) is 0 Å². The third-order valence-corrected chi connectivity index (χ3v) is 12.9. The van der Waals surface area contributed by atoms with Gasteiger partial charge in [-0.3, -0.25) is 0 Å². The maximum absolute atomic E-state index is 7.04. The Balaban J connectivity index is 1.11. The zero-order valence-corrected chi connectivity index (χ0v) is 33.9. The molecule has 12 aromatic rings. The molecule has 0 atom stereocenters. The standard InChI is InChI=1S/C58H37N3O/c1-35-27-52(37-14-3-2-4-15-37)59-58(43-25-26-46-42(28-43)24-23-36-13-9-10-20-45(36)46)60-56(35)51-34-44(33-50-49-30-39-17-6-8-19-41(39)32-55(49)62-57(50)51)61-53-22-12-11-21-47(53)48-29-38-16-5-7-18-40(38)31-54(48)61/h2-26,28-34H,27H2,1H3. The highest BCUT2D eigenvalue weighted by atomic mass is 16.3. The number of aliphatic imine (C=N–C) groups is 2. The summed E-state index contributed by atoms with van der Waals surface area (Å²) >= 11 is 0. The van der Waals surface area contributed by atoms with Crippen LogP contribution in [0, 0.1) is 0 Å². The first-order valence-corrected chi connectivity index (χ1v) is 21.3. The van der Waals surface area contributed by atoms with Crippen LogP contribution in [0.1, 0.15) is 30.0 Å². The van der Waals surface area contributed by atoms with Gasteiger partial charge >= 0.3 is 0 Å². The lowest BCUT2D eigenvalue weighted by atomic mass is 9.97. The molecule has 2 aromatic heterocycles. The van der Waals surface area contributed by atoms with Gasteiger partial charge in [-0.1, -0.05) is 146 Å². The van der Waals surface area contributed by atoms with Gasteiger partial charge in [-0.15, -0.1) is 0 Å². The van der Waals surface area contributed by atoms with Gasteiger partial charge in [0, 0.05) is 44.8 Å². The molecule has 0 fully saturated rings. The molecule has 0 radical (unpaired) electrons. The topological polar surface area (TPSA) is 42.8 Å². The first-order valence-electron chi connectivity index (χ1n) is 21.3. The van der Waals surface area contributed by atoms with Crippen LogP contribution in [-0.2, 0) is 0 Å². The van der Waals surface area contributed by atoms with Gasteiger partial charge in [0.2, 0.25) is 0 Å². The second kappa shape index (κ2) is 13.5. The molecule has 3 heterocycles. The number of amidine groups is 1. The molecular formula is C58H37N3O. The fourth-order valence-corrected chi connectivity index (χ4v) is 9.88. The number of hydrogen-bond acceptors (Lipinski definition) is 3. The van der Waals surface area contributed by atoms with Crippen molar-refractivity contribution in [2.24, 2.45) is 9.98 Å².